The van der Waals surface area contributed by atoms with Gasteiger partial charge in [-0.2, -0.15) is 0 Å². The zero-order valence-corrected chi connectivity index (χ0v) is 17.3. The quantitative estimate of drug-likeness (QED) is 0.636. The third-order valence-electron chi connectivity index (χ3n) is 5.56. The highest BCUT2D eigenvalue weighted by atomic mass is 127. The number of hydrogen-bond donors (Lipinski definition) is 1. The van der Waals surface area contributed by atoms with Crippen molar-refractivity contribution in [1.29, 1.82) is 0 Å². The molecule has 2 aliphatic rings. The van der Waals surface area contributed by atoms with Crippen LogP contribution in [0.15, 0.2) is 42.6 Å². The molecular weight excluding hydrogens is 461 g/mol. The second-order valence-electron chi connectivity index (χ2n) is 7.33. The zero-order valence-electron chi connectivity index (χ0n) is 14.4. The Balaban J connectivity index is 1.51. The molecule has 1 aliphatic heterocycles. The number of hydrogen-bond acceptors (Lipinski definition) is 3. The molecule has 1 amide bonds. The van der Waals surface area contributed by atoms with Crippen LogP contribution in [0.5, 0.6) is 0 Å². The van der Waals surface area contributed by atoms with E-state index in [2.05, 4.69) is 37.8 Å². The summed E-state index contributed by atoms with van der Waals surface area (Å²) in [5.41, 5.74) is 1.27. The van der Waals surface area contributed by atoms with Crippen LogP contribution in [0.2, 0.25) is 5.02 Å². The topological polar surface area (TPSA) is 45.2 Å². The number of piperidine rings is 1. The molecule has 1 aliphatic carbocycles. The Bertz CT molecular complexity index is 807. The fraction of sp³-hybridized carbons (Fsp3) is 0.400. The minimum absolute atomic E-state index is 0.140. The molecular formula is C20H21ClIN3O. The van der Waals surface area contributed by atoms with Crippen molar-refractivity contribution in [2.45, 2.75) is 31.7 Å². The molecule has 2 aromatic rings. The predicted octanol–water partition coefficient (Wildman–Crippen LogP) is 4.84. The van der Waals surface area contributed by atoms with Gasteiger partial charge in [0.05, 0.1) is 10.6 Å². The number of rotatable bonds is 4. The summed E-state index contributed by atoms with van der Waals surface area (Å²) >= 11 is 8.16. The van der Waals surface area contributed by atoms with Gasteiger partial charge < -0.3 is 10.2 Å². The zero-order chi connectivity index (χ0) is 18.1. The second kappa shape index (κ2) is 7.35. The van der Waals surface area contributed by atoms with Crippen LogP contribution in [-0.4, -0.2) is 34.9 Å². The number of pyridine rings is 1. The number of benzene rings is 1. The van der Waals surface area contributed by atoms with Gasteiger partial charge in [0, 0.05) is 28.9 Å². The number of halogens is 2. The molecule has 1 saturated heterocycles. The van der Waals surface area contributed by atoms with Gasteiger partial charge >= 0.3 is 0 Å². The van der Waals surface area contributed by atoms with Gasteiger partial charge in [0.1, 0.15) is 5.82 Å². The molecule has 1 aromatic carbocycles. The molecule has 4 rings (SSSR count). The first-order valence-corrected chi connectivity index (χ1v) is 10.4. The molecule has 0 bridgehead atoms. The Morgan fingerprint density at radius 3 is 2.77 bits per heavy atom. The maximum atomic E-state index is 13.2. The summed E-state index contributed by atoms with van der Waals surface area (Å²) in [4.78, 5) is 19.5. The highest BCUT2D eigenvalue weighted by Gasteiger charge is 2.49. The maximum Gasteiger partial charge on any atom is 0.255 e. The van der Waals surface area contributed by atoms with Crippen molar-refractivity contribution in [3.63, 3.8) is 0 Å². The van der Waals surface area contributed by atoms with Gasteiger partial charge in [-0.15, -0.1) is 0 Å². The lowest BCUT2D eigenvalue weighted by atomic mass is 9.87. The number of carbonyl (C=O) groups excluding carboxylic acids is 1. The third kappa shape index (κ3) is 3.83. The van der Waals surface area contributed by atoms with E-state index in [4.69, 9.17) is 11.6 Å². The van der Waals surface area contributed by atoms with Gasteiger partial charge in [-0.3, -0.25) is 4.79 Å². The fourth-order valence-electron chi connectivity index (χ4n) is 3.83. The highest BCUT2D eigenvalue weighted by Crippen LogP contribution is 2.55. The van der Waals surface area contributed by atoms with Crippen molar-refractivity contribution >= 4 is 45.9 Å². The average Bonchev–Trinajstić information content (AvgIpc) is 3.40. The number of amides is 1. The number of anilines is 1. The smallest absolute Gasteiger partial charge is 0.255 e. The number of nitrogens with zero attached hydrogens (tertiary/aromatic N) is 2. The lowest BCUT2D eigenvalue weighted by Gasteiger charge is -2.40. The summed E-state index contributed by atoms with van der Waals surface area (Å²) < 4.78 is 1.01. The van der Waals surface area contributed by atoms with Gasteiger partial charge in [0.2, 0.25) is 0 Å². The van der Waals surface area contributed by atoms with Gasteiger partial charge in [-0.05, 0) is 78.0 Å². The lowest BCUT2D eigenvalue weighted by molar-refractivity contribution is 0.0545. The predicted molar refractivity (Wildman–Crippen MR) is 113 cm³/mol. The highest BCUT2D eigenvalue weighted by molar-refractivity contribution is 14.1. The normalized spacial score (nSPS) is 20.8. The number of nitrogens with one attached hydrogen (secondary N) is 1. The largest absolute Gasteiger partial charge is 0.368 e. The van der Waals surface area contributed by atoms with E-state index in [1.807, 2.05) is 36.4 Å². The van der Waals surface area contributed by atoms with Crippen molar-refractivity contribution in [3.8, 4) is 0 Å². The van der Waals surface area contributed by atoms with Crippen LogP contribution in [0.3, 0.4) is 0 Å². The summed E-state index contributed by atoms with van der Waals surface area (Å²) in [6, 6.07) is 11.7. The summed E-state index contributed by atoms with van der Waals surface area (Å²) in [5.74, 6) is 0.938. The molecule has 1 unspecified atom stereocenters. The molecule has 6 heteroatoms. The molecule has 1 spiro atoms. The molecule has 1 saturated carbocycles. The molecule has 1 N–H and O–H groups in total. The van der Waals surface area contributed by atoms with Crippen LogP contribution in [0, 0.1) is 8.99 Å². The van der Waals surface area contributed by atoms with Crippen molar-refractivity contribution < 1.29 is 4.79 Å². The Morgan fingerprint density at radius 2 is 2.08 bits per heavy atom. The number of likely N-dealkylation sites (tertiary alicyclic amines) is 1. The molecule has 1 atom stereocenters. The monoisotopic (exact) mass is 481 g/mol. The summed E-state index contributed by atoms with van der Waals surface area (Å²) in [6.07, 6.45) is 6.43. The van der Waals surface area contributed by atoms with Gasteiger partial charge in [0.25, 0.3) is 5.91 Å². The van der Waals surface area contributed by atoms with E-state index in [9.17, 15) is 4.79 Å². The van der Waals surface area contributed by atoms with E-state index in [1.54, 1.807) is 6.20 Å². The average molecular weight is 482 g/mol. The first-order chi connectivity index (χ1) is 12.6. The van der Waals surface area contributed by atoms with E-state index in [0.29, 0.717) is 17.0 Å². The SMILES string of the molecule is O=C(c1ccccc1I)N1CCC2(CC2)CC1CNc1ccc(Cl)cn1. The van der Waals surface area contributed by atoms with E-state index < -0.39 is 0 Å². The van der Waals surface area contributed by atoms with Crippen LogP contribution in [0.4, 0.5) is 5.82 Å². The Hall–Kier alpha value is -1.34. The van der Waals surface area contributed by atoms with Gasteiger partial charge in [-0.25, -0.2) is 4.98 Å². The standard InChI is InChI=1S/C20H21ClIN3O/c21-14-5-6-18(23-12-14)24-13-15-11-20(7-8-20)9-10-25(15)19(26)16-3-1-2-4-17(16)22/h1-6,12,15H,7-11,13H2,(H,23,24). The first kappa shape index (κ1) is 18.0. The molecule has 4 nitrogen and oxygen atoms in total. The van der Waals surface area contributed by atoms with E-state index in [0.717, 1.165) is 34.3 Å². The minimum Gasteiger partial charge on any atom is -0.368 e. The molecule has 26 heavy (non-hydrogen) atoms. The molecule has 1 aromatic heterocycles. The van der Waals surface area contributed by atoms with Crippen LogP contribution < -0.4 is 5.32 Å². The van der Waals surface area contributed by atoms with Crippen molar-refractivity contribution in [2.24, 2.45) is 5.41 Å². The molecule has 136 valence electrons. The van der Waals surface area contributed by atoms with Gasteiger partial charge in [-0.1, -0.05) is 23.7 Å². The second-order valence-corrected chi connectivity index (χ2v) is 8.93. The third-order valence-corrected chi connectivity index (χ3v) is 6.73. The van der Waals surface area contributed by atoms with Crippen LogP contribution in [0.25, 0.3) is 0 Å². The molecule has 2 fully saturated rings. The minimum atomic E-state index is 0.140. The molecule has 2 heterocycles. The van der Waals surface area contributed by atoms with E-state index in [-0.39, 0.29) is 11.9 Å². The summed E-state index contributed by atoms with van der Waals surface area (Å²) in [6.45, 7) is 1.55. The van der Waals surface area contributed by atoms with Crippen LogP contribution in [-0.2, 0) is 0 Å². The Morgan fingerprint density at radius 1 is 1.27 bits per heavy atom. The fourth-order valence-corrected chi connectivity index (χ4v) is 4.55. The maximum absolute atomic E-state index is 13.2. The number of aromatic nitrogens is 1. The first-order valence-electron chi connectivity index (χ1n) is 8.97. The molecule has 0 radical (unpaired) electrons. The lowest BCUT2D eigenvalue weighted by Crippen LogP contribution is -2.50. The Labute approximate surface area is 172 Å². The summed E-state index contributed by atoms with van der Waals surface area (Å²) in [5, 5.41) is 4.02. The van der Waals surface area contributed by atoms with Gasteiger partial charge in [0.15, 0.2) is 0 Å². The van der Waals surface area contributed by atoms with Crippen molar-refractivity contribution in [3.05, 3.63) is 56.8 Å². The summed E-state index contributed by atoms with van der Waals surface area (Å²) in [7, 11) is 0. The number of carbonyl (C=O) groups is 1. The Kier molecular flexibility index (Phi) is 5.10. The van der Waals surface area contributed by atoms with Crippen LogP contribution >= 0.6 is 34.2 Å². The van der Waals surface area contributed by atoms with E-state index in [1.165, 1.54) is 12.8 Å². The van der Waals surface area contributed by atoms with Crippen LogP contribution in [0.1, 0.15) is 36.0 Å². The van der Waals surface area contributed by atoms with Crippen molar-refractivity contribution in [1.82, 2.24) is 9.88 Å². The van der Waals surface area contributed by atoms with E-state index >= 15 is 0 Å². The van der Waals surface area contributed by atoms with Crippen molar-refractivity contribution in [2.75, 3.05) is 18.4 Å².